The number of nitrogens with zero attached hydrogens (tertiary/aromatic N) is 6. The van der Waals surface area contributed by atoms with E-state index >= 15 is 0 Å². The fourth-order valence-electron chi connectivity index (χ4n) is 3.52. The van der Waals surface area contributed by atoms with Gasteiger partial charge in [-0.05, 0) is 13.3 Å². The summed E-state index contributed by atoms with van der Waals surface area (Å²) in [5.41, 5.74) is 0.785. The Hall–Kier alpha value is -3.50. The number of rotatable bonds is 4. The molecule has 4 rings (SSSR count). The zero-order chi connectivity index (χ0) is 22.3. The Kier molecular flexibility index (Phi) is 5.34. The van der Waals surface area contributed by atoms with Crippen molar-refractivity contribution in [1.82, 2.24) is 29.6 Å². The second-order valence-corrected chi connectivity index (χ2v) is 7.48. The van der Waals surface area contributed by atoms with Crippen LogP contribution < -0.4 is 5.32 Å². The van der Waals surface area contributed by atoms with Crippen molar-refractivity contribution in [2.24, 2.45) is 7.05 Å². The monoisotopic (exact) mass is 431 g/mol. The average Bonchev–Trinajstić information content (AvgIpc) is 3.40. The van der Waals surface area contributed by atoms with E-state index in [0.717, 1.165) is 6.92 Å². The largest absolute Gasteiger partial charge is 0.342 e. The van der Waals surface area contributed by atoms with Crippen LogP contribution in [0.3, 0.4) is 0 Å². The standard InChI is InChI=1S/C20H20F3N7O/c1-10-16(21)18(23)28-20(17(10)22)27-15-6-14(12-4-5-30(9-12)11(2)31)25-19(26-15)13-7-24-29(3)8-13/h6-8,12H,4-5,9H2,1-3H3,(H,25,26,27,28). The molecule has 8 nitrogen and oxygen atoms in total. The predicted octanol–water partition coefficient (Wildman–Crippen LogP) is 3.08. The number of aromatic nitrogens is 5. The summed E-state index contributed by atoms with van der Waals surface area (Å²) in [6, 6.07) is 1.60. The molecule has 0 radical (unpaired) electrons. The van der Waals surface area contributed by atoms with E-state index in [4.69, 9.17) is 0 Å². The normalized spacial score (nSPS) is 16.1. The van der Waals surface area contributed by atoms with Gasteiger partial charge in [0.25, 0.3) is 5.95 Å². The zero-order valence-electron chi connectivity index (χ0n) is 17.2. The molecule has 3 aromatic heterocycles. The summed E-state index contributed by atoms with van der Waals surface area (Å²) >= 11 is 0. The van der Waals surface area contributed by atoms with Gasteiger partial charge in [-0.25, -0.2) is 18.7 Å². The minimum atomic E-state index is -1.41. The average molecular weight is 431 g/mol. The minimum absolute atomic E-state index is 0.0223. The minimum Gasteiger partial charge on any atom is -0.342 e. The molecule has 4 heterocycles. The van der Waals surface area contributed by atoms with E-state index in [9.17, 15) is 18.0 Å². The molecule has 1 atom stereocenters. The Morgan fingerprint density at radius 1 is 1.19 bits per heavy atom. The van der Waals surface area contributed by atoms with Crippen molar-refractivity contribution in [3.8, 4) is 11.4 Å². The highest BCUT2D eigenvalue weighted by molar-refractivity contribution is 5.73. The first-order chi connectivity index (χ1) is 14.7. The summed E-state index contributed by atoms with van der Waals surface area (Å²) in [6.45, 7) is 3.74. The summed E-state index contributed by atoms with van der Waals surface area (Å²) in [4.78, 5) is 25.8. The van der Waals surface area contributed by atoms with Crippen molar-refractivity contribution in [2.45, 2.75) is 26.2 Å². The Labute approximate surface area is 176 Å². The van der Waals surface area contributed by atoms with Crippen molar-refractivity contribution in [1.29, 1.82) is 0 Å². The van der Waals surface area contributed by atoms with Crippen LogP contribution in [0.2, 0.25) is 0 Å². The molecule has 11 heteroatoms. The predicted molar refractivity (Wildman–Crippen MR) is 106 cm³/mol. The van der Waals surface area contributed by atoms with E-state index in [1.165, 1.54) is 6.92 Å². The van der Waals surface area contributed by atoms with Crippen LogP contribution in [0, 0.1) is 24.5 Å². The van der Waals surface area contributed by atoms with Crippen molar-refractivity contribution in [3.63, 3.8) is 0 Å². The van der Waals surface area contributed by atoms with Gasteiger partial charge in [0.05, 0.1) is 17.5 Å². The SMILES string of the molecule is CC(=O)N1CCC(c2cc(Nc3nc(F)c(F)c(C)c3F)nc(-c3cnn(C)c3)n2)C1. The number of aryl methyl sites for hydroxylation is 1. The topological polar surface area (TPSA) is 88.8 Å². The molecule has 162 valence electrons. The van der Waals surface area contributed by atoms with Crippen molar-refractivity contribution < 1.29 is 18.0 Å². The van der Waals surface area contributed by atoms with Gasteiger partial charge in [-0.3, -0.25) is 9.48 Å². The second-order valence-electron chi connectivity index (χ2n) is 7.48. The second kappa shape index (κ2) is 7.97. The lowest BCUT2D eigenvalue weighted by Crippen LogP contribution is -2.25. The number of amides is 1. The van der Waals surface area contributed by atoms with Crippen LogP contribution in [0.15, 0.2) is 18.5 Å². The number of anilines is 2. The zero-order valence-corrected chi connectivity index (χ0v) is 17.2. The molecule has 0 bridgehead atoms. The van der Waals surface area contributed by atoms with Gasteiger partial charge in [-0.1, -0.05) is 0 Å². The molecular weight excluding hydrogens is 411 g/mol. The molecule has 1 saturated heterocycles. The summed E-state index contributed by atoms with van der Waals surface area (Å²) in [6.07, 6.45) is 4.01. The molecule has 3 aromatic rings. The first kappa shape index (κ1) is 20.8. The first-order valence-corrected chi connectivity index (χ1v) is 9.64. The van der Waals surface area contributed by atoms with E-state index in [-0.39, 0.29) is 17.6 Å². The van der Waals surface area contributed by atoms with Crippen molar-refractivity contribution in [2.75, 3.05) is 18.4 Å². The smallest absolute Gasteiger partial charge is 0.251 e. The highest BCUT2D eigenvalue weighted by atomic mass is 19.2. The van der Waals surface area contributed by atoms with Crippen LogP contribution in [0.25, 0.3) is 11.4 Å². The lowest BCUT2D eigenvalue weighted by atomic mass is 10.0. The summed E-state index contributed by atoms with van der Waals surface area (Å²) < 4.78 is 43.4. The first-order valence-electron chi connectivity index (χ1n) is 9.64. The van der Waals surface area contributed by atoms with E-state index in [0.29, 0.717) is 36.6 Å². The number of halogens is 3. The van der Waals surface area contributed by atoms with Gasteiger partial charge in [0.15, 0.2) is 23.3 Å². The van der Waals surface area contributed by atoms with E-state index in [2.05, 4.69) is 25.4 Å². The van der Waals surface area contributed by atoms with Gasteiger partial charge in [0.1, 0.15) is 5.82 Å². The van der Waals surface area contributed by atoms with Gasteiger partial charge in [-0.15, -0.1) is 0 Å². The number of hydrogen-bond acceptors (Lipinski definition) is 6. The van der Waals surface area contributed by atoms with Gasteiger partial charge in [0.2, 0.25) is 5.91 Å². The lowest BCUT2D eigenvalue weighted by molar-refractivity contribution is -0.127. The molecule has 1 unspecified atom stereocenters. The number of likely N-dealkylation sites (tertiary alicyclic amines) is 1. The fraction of sp³-hybridized carbons (Fsp3) is 0.350. The van der Waals surface area contributed by atoms with E-state index in [1.54, 1.807) is 35.1 Å². The Morgan fingerprint density at radius 2 is 1.97 bits per heavy atom. The van der Waals surface area contributed by atoms with Crippen molar-refractivity contribution >= 4 is 17.5 Å². The molecule has 1 N–H and O–H groups in total. The maximum atomic E-state index is 14.5. The number of carbonyl (C=O) groups excluding carboxylic acids is 1. The summed E-state index contributed by atoms with van der Waals surface area (Å²) in [5.74, 6) is -3.80. The molecular formula is C20H20F3N7O. The fourth-order valence-corrected chi connectivity index (χ4v) is 3.52. The van der Waals surface area contributed by atoms with Gasteiger partial charge in [-0.2, -0.15) is 14.5 Å². The van der Waals surface area contributed by atoms with Crippen LogP contribution in [0.4, 0.5) is 24.8 Å². The molecule has 1 aliphatic rings. The van der Waals surface area contributed by atoms with Gasteiger partial charge < -0.3 is 10.2 Å². The van der Waals surface area contributed by atoms with Gasteiger partial charge >= 0.3 is 0 Å². The lowest BCUT2D eigenvalue weighted by Gasteiger charge is -2.15. The van der Waals surface area contributed by atoms with Gasteiger partial charge in [0, 0.05) is 50.8 Å². The third kappa shape index (κ3) is 4.07. The number of hydrogen-bond donors (Lipinski definition) is 1. The summed E-state index contributed by atoms with van der Waals surface area (Å²) in [7, 11) is 1.75. The number of nitrogens with one attached hydrogen (secondary N) is 1. The molecule has 1 fully saturated rings. The maximum Gasteiger partial charge on any atom is 0.251 e. The molecule has 31 heavy (non-hydrogen) atoms. The molecule has 0 spiro atoms. The third-order valence-corrected chi connectivity index (χ3v) is 5.26. The number of pyridine rings is 1. The Bertz CT molecular complexity index is 1160. The molecule has 0 saturated carbocycles. The van der Waals surface area contributed by atoms with Crippen LogP contribution >= 0.6 is 0 Å². The van der Waals surface area contributed by atoms with Crippen LogP contribution in [-0.4, -0.2) is 48.6 Å². The maximum absolute atomic E-state index is 14.5. The van der Waals surface area contributed by atoms with Crippen molar-refractivity contribution in [3.05, 3.63) is 47.3 Å². The number of carbonyl (C=O) groups is 1. The third-order valence-electron chi connectivity index (χ3n) is 5.26. The Morgan fingerprint density at radius 3 is 2.61 bits per heavy atom. The molecule has 1 aliphatic heterocycles. The molecule has 1 amide bonds. The molecule has 0 aliphatic carbocycles. The highest BCUT2D eigenvalue weighted by Gasteiger charge is 2.28. The summed E-state index contributed by atoms with van der Waals surface area (Å²) in [5, 5.41) is 6.76. The van der Waals surface area contributed by atoms with Crippen LogP contribution in [-0.2, 0) is 11.8 Å². The van der Waals surface area contributed by atoms with E-state index < -0.39 is 29.0 Å². The molecule has 0 aromatic carbocycles. The van der Waals surface area contributed by atoms with Crippen LogP contribution in [0.1, 0.15) is 30.5 Å². The quantitative estimate of drug-likeness (QED) is 0.639. The van der Waals surface area contributed by atoms with Crippen LogP contribution in [0.5, 0.6) is 0 Å². The van der Waals surface area contributed by atoms with E-state index in [1.807, 2.05) is 0 Å². The highest BCUT2D eigenvalue weighted by Crippen LogP contribution is 2.30. The Balaban J connectivity index is 1.75.